The van der Waals surface area contributed by atoms with Crippen LogP contribution < -0.4 is 10.2 Å². The van der Waals surface area contributed by atoms with E-state index in [-0.39, 0.29) is 5.91 Å². The Morgan fingerprint density at radius 2 is 2.07 bits per heavy atom. The van der Waals surface area contributed by atoms with Crippen LogP contribution in [0, 0.1) is 0 Å². The van der Waals surface area contributed by atoms with E-state index in [2.05, 4.69) is 31.0 Å². The number of methoxy groups -OCH3 is 1. The summed E-state index contributed by atoms with van der Waals surface area (Å²) in [6, 6.07) is 16.3. The van der Waals surface area contributed by atoms with Crippen LogP contribution >= 0.6 is 0 Å². The van der Waals surface area contributed by atoms with Crippen LogP contribution in [0.25, 0.3) is 16.6 Å². The molecule has 0 spiro atoms. The Labute approximate surface area is 159 Å². The molecule has 28 heavy (non-hydrogen) atoms. The van der Waals surface area contributed by atoms with Crippen molar-refractivity contribution >= 4 is 23.0 Å². The molecule has 0 aliphatic carbocycles. The minimum absolute atomic E-state index is 0.382. The van der Waals surface area contributed by atoms with E-state index in [1.54, 1.807) is 31.4 Å². The molecule has 2 aromatic carbocycles. The summed E-state index contributed by atoms with van der Waals surface area (Å²) in [7, 11) is 1.62. The van der Waals surface area contributed by atoms with Crippen LogP contribution in [0.5, 0.6) is 5.75 Å². The highest BCUT2D eigenvalue weighted by molar-refractivity contribution is 5.98. The topological polar surface area (TPSA) is 107 Å². The van der Waals surface area contributed by atoms with E-state index in [1.807, 2.05) is 30.3 Å². The maximum atomic E-state index is 12.5. The van der Waals surface area contributed by atoms with Crippen molar-refractivity contribution in [2.45, 2.75) is 0 Å². The SMILES string of the molecule is COc1ccc2nc(/C=N/NC(=O)c3ccccc3-n3cnnn3)ccc2c1. The maximum Gasteiger partial charge on any atom is 0.273 e. The molecule has 4 aromatic rings. The van der Waals surface area contributed by atoms with Crippen LogP contribution in [0.2, 0.25) is 0 Å². The van der Waals surface area contributed by atoms with Gasteiger partial charge in [-0.25, -0.2) is 10.4 Å². The molecule has 9 nitrogen and oxygen atoms in total. The van der Waals surface area contributed by atoms with Crippen molar-refractivity contribution in [2.24, 2.45) is 5.10 Å². The molecule has 138 valence electrons. The number of hydrogen-bond acceptors (Lipinski definition) is 7. The minimum atomic E-state index is -0.382. The Balaban J connectivity index is 1.51. The number of carbonyl (C=O) groups excluding carboxylic acids is 1. The number of amides is 1. The number of hydrazone groups is 1. The molecule has 0 radical (unpaired) electrons. The van der Waals surface area contributed by atoms with E-state index >= 15 is 0 Å². The van der Waals surface area contributed by atoms with E-state index in [0.717, 1.165) is 16.7 Å². The van der Waals surface area contributed by atoms with Gasteiger partial charge < -0.3 is 4.74 Å². The molecule has 0 unspecified atom stereocenters. The number of fused-ring (bicyclic) bond motifs is 1. The first-order valence-electron chi connectivity index (χ1n) is 8.35. The second kappa shape index (κ2) is 7.62. The Morgan fingerprint density at radius 1 is 1.18 bits per heavy atom. The zero-order chi connectivity index (χ0) is 19.3. The quantitative estimate of drug-likeness (QED) is 0.423. The molecule has 0 bridgehead atoms. The molecule has 4 rings (SSSR count). The zero-order valence-electron chi connectivity index (χ0n) is 14.9. The standard InChI is InChI=1S/C19H15N7O2/c1-28-15-8-9-17-13(10-15)6-7-14(22-17)11-20-23-19(27)16-4-2-3-5-18(16)26-12-21-24-25-26/h2-12H,1H3,(H,23,27)/b20-11+. The molecule has 0 atom stereocenters. The summed E-state index contributed by atoms with van der Waals surface area (Å²) in [5, 5.41) is 16.0. The van der Waals surface area contributed by atoms with E-state index in [9.17, 15) is 4.79 Å². The lowest BCUT2D eigenvalue weighted by Gasteiger charge is -2.06. The third-order valence-corrected chi connectivity index (χ3v) is 4.03. The molecule has 0 aliphatic rings. The Bertz CT molecular complexity index is 1160. The smallest absolute Gasteiger partial charge is 0.273 e. The van der Waals surface area contributed by atoms with E-state index in [0.29, 0.717) is 16.9 Å². The fraction of sp³-hybridized carbons (Fsp3) is 0.0526. The Morgan fingerprint density at radius 3 is 2.89 bits per heavy atom. The first kappa shape index (κ1) is 17.3. The highest BCUT2D eigenvalue weighted by Crippen LogP contribution is 2.19. The van der Waals surface area contributed by atoms with Crippen molar-refractivity contribution in [2.75, 3.05) is 7.11 Å². The number of carbonyl (C=O) groups is 1. The van der Waals surface area contributed by atoms with Gasteiger partial charge in [0.25, 0.3) is 5.91 Å². The molecule has 9 heteroatoms. The lowest BCUT2D eigenvalue weighted by atomic mass is 10.1. The fourth-order valence-electron chi connectivity index (χ4n) is 2.67. The number of aromatic nitrogens is 5. The normalized spacial score (nSPS) is 11.0. The summed E-state index contributed by atoms with van der Waals surface area (Å²) in [6.07, 6.45) is 2.91. The van der Waals surface area contributed by atoms with Gasteiger partial charge in [-0.3, -0.25) is 4.79 Å². The van der Waals surface area contributed by atoms with Gasteiger partial charge in [0.1, 0.15) is 12.1 Å². The van der Waals surface area contributed by atoms with Crippen molar-refractivity contribution < 1.29 is 9.53 Å². The number of nitrogens with zero attached hydrogens (tertiary/aromatic N) is 6. The largest absolute Gasteiger partial charge is 0.497 e. The summed E-state index contributed by atoms with van der Waals surface area (Å²) >= 11 is 0. The number of pyridine rings is 1. The first-order chi connectivity index (χ1) is 13.7. The summed E-state index contributed by atoms with van der Waals surface area (Å²) < 4.78 is 6.62. The Hall–Kier alpha value is -4.14. The molecule has 0 aliphatic heterocycles. The number of hydrogen-bond donors (Lipinski definition) is 1. The number of rotatable bonds is 5. The van der Waals surface area contributed by atoms with Crippen molar-refractivity contribution in [3.63, 3.8) is 0 Å². The van der Waals surface area contributed by atoms with Crippen LogP contribution in [0.15, 0.2) is 66.0 Å². The average molecular weight is 373 g/mol. The molecule has 0 saturated carbocycles. The van der Waals surface area contributed by atoms with Crippen LogP contribution in [-0.4, -0.2) is 44.4 Å². The number of para-hydroxylation sites is 1. The molecule has 1 amide bonds. The summed E-state index contributed by atoms with van der Waals surface area (Å²) in [4.78, 5) is 17.0. The minimum Gasteiger partial charge on any atom is -0.497 e. The number of ether oxygens (including phenoxy) is 1. The van der Waals surface area contributed by atoms with Gasteiger partial charge in [0.15, 0.2) is 0 Å². The van der Waals surface area contributed by atoms with Gasteiger partial charge in [0.05, 0.1) is 35.8 Å². The van der Waals surface area contributed by atoms with E-state index in [1.165, 1.54) is 17.2 Å². The van der Waals surface area contributed by atoms with Gasteiger partial charge in [0.2, 0.25) is 0 Å². The fourth-order valence-corrected chi connectivity index (χ4v) is 2.67. The van der Waals surface area contributed by atoms with Crippen LogP contribution in [0.3, 0.4) is 0 Å². The van der Waals surface area contributed by atoms with Crippen molar-refractivity contribution in [1.82, 2.24) is 30.6 Å². The van der Waals surface area contributed by atoms with Gasteiger partial charge in [-0.15, -0.1) is 5.10 Å². The molecular weight excluding hydrogens is 358 g/mol. The Kier molecular flexibility index (Phi) is 4.70. The van der Waals surface area contributed by atoms with Crippen LogP contribution in [0.4, 0.5) is 0 Å². The monoisotopic (exact) mass is 373 g/mol. The highest BCUT2D eigenvalue weighted by atomic mass is 16.5. The molecule has 0 saturated heterocycles. The van der Waals surface area contributed by atoms with Gasteiger partial charge in [-0.2, -0.15) is 9.78 Å². The summed E-state index contributed by atoms with van der Waals surface area (Å²) in [5.41, 5.74) is 4.88. The van der Waals surface area contributed by atoms with Crippen LogP contribution in [0.1, 0.15) is 16.1 Å². The average Bonchev–Trinajstić information content (AvgIpc) is 3.28. The number of tetrazole rings is 1. The van der Waals surface area contributed by atoms with Gasteiger partial charge >= 0.3 is 0 Å². The number of nitrogens with one attached hydrogen (secondary N) is 1. The predicted octanol–water partition coefficient (Wildman–Crippen LogP) is 1.98. The van der Waals surface area contributed by atoms with E-state index < -0.39 is 0 Å². The second-order valence-corrected chi connectivity index (χ2v) is 5.77. The third-order valence-electron chi connectivity index (χ3n) is 4.03. The molecule has 2 aromatic heterocycles. The highest BCUT2D eigenvalue weighted by Gasteiger charge is 2.12. The second-order valence-electron chi connectivity index (χ2n) is 5.77. The van der Waals surface area contributed by atoms with Crippen molar-refractivity contribution in [3.05, 3.63) is 72.2 Å². The van der Waals surface area contributed by atoms with Gasteiger partial charge in [-0.05, 0) is 46.8 Å². The van der Waals surface area contributed by atoms with Gasteiger partial charge in [-0.1, -0.05) is 18.2 Å². The molecule has 2 heterocycles. The van der Waals surface area contributed by atoms with Crippen LogP contribution in [-0.2, 0) is 0 Å². The maximum absolute atomic E-state index is 12.5. The first-order valence-corrected chi connectivity index (χ1v) is 8.35. The van der Waals surface area contributed by atoms with Gasteiger partial charge in [0, 0.05) is 5.39 Å². The molecule has 1 N–H and O–H groups in total. The zero-order valence-corrected chi connectivity index (χ0v) is 14.9. The third kappa shape index (κ3) is 3.54. The molecular formula is C19H15N7O2. The van der Waals surface area contributed by atoms with Crippen molar-refractivity contribution in [3.8, 4) is 11.4 Å². The summed E-state index contributed by atoms with van der Waals surface area (Å²) in [6.45, 7) is 0. The molecule has 0 fully saturated rings. The predicted molar refractivity (Wildman–Crippen MR) is 103 cm³/mol. The lowest BCUT2D eigenvalue weighted by molar-refractivity contribution is 0.0955. The lowest BCUT2D eigenvalue weighted by Crippen LogP contribution is -2.20. The summed E-state index contributed by atoms with van der Waals surface area (Å²) in [5.74, 6) is 0.386. The van der Waals surface area contributed by atoms with Crippen molar-refractivity contribution in [1.29, 1.82) is 0 Å². The number of benzene rings is 2. The van der Waals surface area contributed by atoms with E-state index in [4.69, 9.17) is 4.74 Å².